The van der Waals surface area contributed by atoms with Gasteiger partial charge in [-0.05, 0) is 101 Å². The largest absolute Gasteiger partial charge is 0.493 e. The lowest BCUT2D eigenvalue weighted by Gasteiger charge is -2.47. The van der Waals surface area contributed by atoms with E-state index >= 15 is 0 Å². The smallest absolute Gasteiger partial charge is 0.127 e. The molecule has 5 rings (SSSR count). The normalized spacial score (nSPS) is 36.2. The second-order valence-corrected chi connectivity index (χ2v) is 14.3. The third-order valence-electron chi connectivity index (χ3n) is 8.98. The van der Waals surface area contributed by atoms with Gasteiger partial charge in [-0.25, -0.2) is 4.39 Å². The standard InChI is InChI=1S/C30H50FN5OS/c1-20(2)19-37-25-14-23(13-24(31)15-25)26-11-10-22-17-33-38-28-9-5-8-27(35-28)32-12-6-7-21-16-30(3,4)36(18-21)29(22)34-26/h13-15,20-22,26-29,32-35H,5-12,16-19H2,1-4H3/t21-,22?,26?,27?,28?,29?/m0/s1. The Morgan fingerprint density at radius 3 is 2.79 bits per heavy atom. The number of halogens is 1. The second-order valence-electron chi connectivity index (χ2n) is 13.2. The molecule has 4 fully saturated rings. The zero-order chi connectivity index (χ0) is 26.7. The molecule has 8 heteroatoms. The van der Waals surface area contributed by atoms with Gasteiger partial charge in [0.1, 0.15) is 11.6 Å². The van der Waals surface area contributed by atoms with E-state index < -0.39 is 0 Å². The molecular formula is C30H50FN5OS. The fraction of sp³-hybridized carbons (Fsp3) is 0.800. The van der Waals surface area contributed by atoms with Crippen LogP contribution in [0.5, 0.6) is 5.75 Å². The number of nitrogens with one attached hydrogen (secondary N) is 4. The van der Waals surface area contributed by atoms with E-state index in [2.05, 4.69) is 59.3 Å². The molecule has 214 valence electrons. The van der Waals surface area contributed by atoms with Crippen LogP contribution in [0.4, 0.5) is 4.39 Å². The number of benzene rings is 1. The average Bonchev–Trinajstić information content (AvgIpc) is 3.18. The van der Waals surface area contributed by atoms with Crippen molar-refractivity contribution < 1.29 is 9.13 Å². The maximum atomic E-state index is 14.7. The van der Waals surface area contributed by atoms with E-state index in [1.807, 2.05) is 11.9 Å². The molecule has 7 atom stereocenters. The SMILES string of the molecule is CC(C)COc1cc(F)cc(C2CCC3CNSC4CCCC(NCCC[C@@H]5CN(C3N2)C(C)(C)C5)N4)c1. The Hall–Kier alpha value is -0.900. The third-order valence-corrected chi connectivity index (χ3v) is 9.97. The molecule has 0 spiro atoms. The highest BCUT2D eigenvalue weighted by atomic mass is 32.2. The highest BCUT2D eigenvalue weighted by Crippen LogP contribution is 2.41. The lowest BCUT2D eigenvalue weighted by Crippen LogP contribution is -2.60. The van der Waals surface area contributed by atoms with Crippen molar-refractivity contribution >= 4 is 11.9 Å². The number of fused-ring (bicyclic) bond motifs is 6. The van der Waals surface area contributed by atoms with Crippen LogP contribution in [-0.4, -0.2) is 54.4 Å². The van der Waals surface area contributed by atoms with Crippen LogP contribution in [0.1, 0.15) is 90.7 Å². The quantitative estimate of drug-likeness (QED) is 0.378. The molecule has 6 unspecified atom stereocenters. The molecule has 4 aliphatic rings. The van der Waals surface area contributed by atoms with Gasteiger partial charge >= 0.3 is 0 Å². The molecule has 0 saturated carbocycles. The minimum atomic E-state index is -0.209. The second kappa shape index (κ2) is 12.7. The number of piperidine rings is 2. The Kier molecular flexibility index (Phi) is 9.59. The molecule has 4 heterocycles. The topological polar surface area (TPSA) is 60.6 Å². The Morgan fingerprint density at radius 2 is 1.95 bits per heavy atom. The molecular weight excluding hydrogens is 497 g/mol. The van der Waals surface area contributed by atoms with Crippen LogP contribution in [0, 0.1) is 23.6 Å². The zero-order valence-corrected chi connectivity index (χ0v) is 24.7. The van der Waals surface area contributed by atoms with Crippen LogP contribution in [-0.2, 0) is 0 Å². The van der Waals surface area contributed by atoms with Crippen LogP contribution in [0.3, 0.4) is 0 Å². The molecule has 1 aromatic rings. The molecule has 0 amide bonds. The predicted octanol–water partition coefficient (Wildman–Crippen LogP) is 5.37. The van der Waals surface area contributed by atoms with Crippen LogP contribution < -0.4 is 25.4 Å². The van der Waals surface area contributed by atoms with Crippen LogP contribution >= 0.6 is 11.9 Å². The van der Waals surface area contributed by atoms with E-state index in [0.29, 0.717) is 35.7 Å². The van der Waals surface area contributed by atoms with E-state index in [-0.39, 0.29) is 23.6 Å². The molecule has 6 nitrogen and oxygen atoms in total. The average molecular weight is 548 g/mol. The Morgan fingerprint density at radius 1 is 1.08 bits per heavy atom. The summed E-state index contributed by atoms with van der Waals surface area (Å²) in [4.78, 5) is 2.75. The molecule has 0 radical (unpaired) electrons. The first kappa shape index (κ1) is 28.6. The van der Waals surface area contributed by atoms with Gasteiger partial charge in [-0.3, -0.25) is 20.3 Å². The van der Waals surface area contributed by atoms with Gasteiger partial charge in [-0.2, -0.15) is 0 Å². The van der Waals surface area contributed by atoms with Crippen molar-refractivity contribution in [1.82, 2.24) is 25.6 Å². The summed E-state index contributed by atoms with van der Waals surface area (Å²) < 4.78 is 24.4. The number of rotatable bonds is 4. The summed E-state index contributed by atoms with van der Waals surface area (Å²) in [6.45, 7) is 12.9. The number of hydrogen-bond acceptors (Lipinski definition) is 7. The summed E-state index contributed by atoms with van der Waals surface area (Å²) in [6, 6.07) is 5.41. The highest BCUT2D eigenvalue weighted by molar-refractivity contribution is 7.98. The van der Waals surface area contributed by atoms with Crippen molar-refractivity contribution in [2.45, 2.75) is 108 Å². The third kappa shape index (κ3) is 7.24. The van der Waals surface area contributed by atoms with Gasteiger partial charge in [0.2, 0.25) is 0 Å². The van der Waals surface area contributed by atoms with Crippen LogP contribution in [0.25, 0.3) is 0 Å². The number of ether oxygens (including phenoxy) is 1. The van der Waals surface area contributed by atoms with E-state index in [1.165, 1.54) is 44.6 Å². The van der Waals surface area contributed by atoms with Crippen molar-refractivity contribution in [3.63, 3.8) is 0 Å². The first-order valence-electron chi connectivity index (χ1n) is 15.1. The monoisotopic (exact) mass is 547 g/mol. The lowest BCUT2D eigenvalue weighted by molar-refractivity contribution is 0.0229. The van der Waals surface area contributed by atoms with Gasteiger partial charge in [0, 0.05) is 36.7 Å². The van der Waals surface area contributed by atoms with Crippen LogP contribution in [0.15, 0.2) is 18.2 Å². The fourth-order valence-electron chi connectivity index (χ4n) is 7.09. The van der Waals surface area contributed by atoms with Crippen LogP contribution in [0.2, 0.25) is 0 Å². The van der Waals surface area contributed by atoms with E-state index in [0.717, 1.165) is 44.0 Å². The summed E-state index contributed by atoms with van der Waals surface area (Å²) in [7, 11) is 0. The summed E-state index contributed by atoms with van der Waals surface area (Å²) in [5, 5.41) is 12.1. The molecule has 4 aliphatic heterocycles. The predicted molar refractivity (Wildman–Crippen MR) is 155 cm³/mol. The van der Waals surface area contributed by atoms with Crippen molar-refractivity contribution in [3.8, 4) is 5.75 Å². The zero-order valence-electron chi connectivity index (χ0n) is 23.9. The van der Waals surface area contributed by atoms with E-state index in [9.17, 15) is 4.39 Å². The molecule has 38 heavy (non-hydrogen) atoms. The molecule has 0 aliphatic carbocycles. The van der Waals surface area contributed by atoms with Crippen molar-refractivity contribution in [3.05, 3.63) is 29.6 Å². The van der Waals surface area contributed by atoms with Gasteiger partial charge in [-0.1, -0.05) is 25.8 Å². The van der Waals surface area contributed by atoms with Gasteiger partial charge in [0.15, 0.2) is 0 Å². The van der Waals surface area contributed by atoms with Crippen molar-refractivity contribution in [2.24, 2.45) is 17.8 Å². The number of hydrogen-bond donors (Lipinski definition) is 4. The van der Waals surface area contributed by atoms with Gasteiger partial charge in [0.05, 0.1) is 24.3 Å². The minimum Gasteiger partial charge on any atom is -0.493 e. The lowest BCUT2D eigenvalue weighted by atomic mass is 9.86. The Bertz CT molecular complexity index is 917. The molecule has 4 N–H and O–H groups in total. The van der Waals surface area contributed by atoms with Gasteiger partial charge < -0.3 is 10.1 Å². The first-order chi connectivity index (χ1) is 18.3. The molecule has 1 aromatic carbocycles. The van der Waals surface area contributed by atoms with E-state index in [1.54, 1.807) is 6.07 Å². The fourth-order valence-corrected chi connectivity index (χ4v) is 8.12. The Labute approximate surface area is 234 Å². The molecule has 4 bridgehead atoms. The van der Waals surface area contributed by atoms with Gasteiger partial charge in [-0.15, -0.1) is 0 Å². The summed E-state index contributed by atoms with van der Waals surface area (Å²) >= 11 is 1.88. The molecule has 0 aromatic heterocycles. The first-order valence-corrected chi connectivity index (χ1v) is 16.0. The minimum absolute atomic E-state index is 0.128. The van der Waals surface area contributed by atoms with E-state index in [4.69, 9.17) is 4.74 Å². The summed E-state index contributed by atoms with van der Waals surface area (Å²) in [5.41, 5.74) is 1.16. The van der Waals surface area contributed by atoms with Gasteiger partial charge in [0.25, 0.3) is 0 Å². The summed E-state index contributed by atoms with van der Waals surface area (Å²) in [6.07, 6.45) is 10.3. The molecule has 4 saturated heterocycles. The number of nitrogens with zero attached hydrogens (tertiary/aromatic N) is 1. The Balaban J connectivity index is 1.34. The maximum absolute atomic E-state index is 14.7. The van der Waals surface area contributed by atoms with Crippen molar-refractivity contribution in [2.75, 3.05) is 26.2 Å². The maximum Gasteiger partial charge on any atom is 0.127 e. The highest BCUT2D eigenvalue weighted by Gasteiger charge is 2.46. The van der Waals surface area contributed by atoms with Crippen molar-refractivity contribution in [1.29, 1.82) is 0 Å². The summed E-state index contributed by atoms with van der Waals surface area (Å²) in [5.74, 6) is 2.07.